The molecular formula is C12H18ClN. The summed E-state index contributed by atoms with van der Waals surface area (Å²) in [6.07, 6.45) is 5.28. The van der Waals surface area contributed by atoms with Gasteiger partial charge >= 0.3 is 0 Å². The number of halogens is 1. The first-order valence-corrected chi connectivity index (χ1v) is 5.22. The van der Waals surface area contributed by atoms with E-state index in [0.29, 0.717) is 0 Å². The SMILES string of the molecule is Cl.c1ccc(CC2CCCCN2)cc1. The maximum atomic E-state index is 3.57. The standard InChI is InChI=1S/C12H17N.ClH/c1-2-6-11(7-3-1)10-12-8-4-5-9-13-12;/h1-3,6-7,12-13H,4-5,8-10H2;1H. The number of benzene rings is 1. The van der Waals surface area contributed by atoms with E-state index in [-0.39, 0.29) is 12.4 Å². The highest BCUT2D eigenvalue weighted by Gasteiger charge is 2.12. The molecule has 0 aromatic heterocycles. The van der Waals surface area contributed by atoms with Crippen LogP contribution in [0.4, 0.5) is 0 Å². The minimum atomic E-state index is 0. The zero-order valence-electron chi connectivity index (χ0n) is 8.41. The van der Waals surface area contributed by atoms with Gasteiger partial charge in [-0.05, 0) is 31.4 Å². The van der Waals surface area contributed by atoms with E-state index in [9.17, 15) is 0 Å². The highest BCUT2D eigenvalue weighted by atomic mass is 35.5. The van der Waals surface area contributed by atoms with Crippen molar-refractivity contribution in [1.82, 2.24) is 5.32 Å². The fourth-order valence-corrected chi connectivity index (χ4v) is 2.00. The number of piperidine rings is 1. The Labute approximate surface area is 92.3 Å². The van der Waals surface area contributed by atoms with Gasteiger partial charge in [-0.15, -0.1) is 12.4 Å². The third-order valence-corrected chi connectivity index (χ3v) is 2.74. The molecule has 0 amide bonds. The Hall–Kier alpha value is -0.530. The van der Waals surface area contributed by atoms with E-state index >= 15 is 0 Å². The summed E-state index contributed by atoms with van der Waals surface area (Å²) in [6.45, 7) is 1.21. The summed E-state index contributed by atoms with van der Waals surface area (Å²) in [5.41, 5.74) is 1.46. The predicted molar refractivity (Wildman–Crippen MR) is 63.0 cm³/mol. The van der Waals surface area contributed by atoms with E-state index < -0.39 is 0 Å². The molecule has 0 bridgehead atoms. The molecule has 1 N–H and O–H groups in total. The Balaban J connectivity index is 0.000000980. The average Bonchev–Trinajstić information content (AvgIpc) is 2.21. The summed E-state index contributed by atoms with van der Waals surface area (Å²) in [4.78, 5) is 0. The summed E-state index contributed by atoms with van der Waals surface area (Å²) in [5.74, 6) is 0. The molecular weight excluding hydrogens is 194 g/mol. The number of hydrogen-bond acceptors (Lipinski definition) is 1. The van der Waals surface area contributed by atoms with E-state index in [1.165, 1.54) is 37.8 Å². The van der Waals surface area contributed by atoms with Gasteiger partial charge in [0.2, 0.25) is 0 Å². The molecule has 1 saturated heterocycles. The maximum absolute atomic E-state index is 3.57. The molecule has 2 rings (SSSR count). The van der Waals surface area contributed by atoms with Crippen molar-refractivity contribution >= 4 is 12.4 Å². The van der Waals surface area contributed by atoms with Gasteiger partial charge < -0.3 is 5.32 Å². The Kier molecular flexibility index (Phi) is 4.99. The van der Waals surface area contributed by atoms with Crippen LogP contribution in [0.2, 0.25) is 0 Å². The monoisotopic (exact) mass is 211 g/mol. The Morgan fingerprint density at radius 1 is 1.14 bits per heavy atom. The molecule has 1 aliphatic heterocycles. The van der Waals surface area contributed by atoms with Gasteiger partial charge in [0.05, 0.1) is 0 Å². The van der Waals surface area contributed by atoms with Gasteiger partial charge in [-0.2, -0.15) is 0 Å². The summed E-state index contributed by atoms with van der Waals surface area (Å²) >= 11 is 0. The van der Waals surface area contributed by atoms with Crippen molar-refractivity contribution < 1.29 is 0 Å². The van der Waals surface area contributed by atoms with E-state index in [4.69, 9.17) is 0 Å². The maximum Gasteiger partial charge on any atom is 0.0107 e. The van der Waals surface area contributed by atoms with Crippen LogP contribution in [-0.2, 0) is 6.42 Å². The molecule has 1 aliphatic rings. The lowest BCUT2D eigenvalue weighted by atomic mass is 9.98. The fraction of sp³-hybridized carbons (Fsp3) is 0.500. The van der Waals surface area contributed by atoms with E-state index in [1.54, 1.807) is 0 Å². The molecule has 1 aromatic carbocycles. The smallest absolute Gasteiger partial charge is 0.0107 e. The summed E-state index contributed by atoms with van der Waals surface area (Å²) in [7, 11) is 0. The van der Waals surface area contributed by atoms with Gasteiger partial charge in [-0.1, -0.05) is 36.8 Å². The van der Waals surface area contributed by atoms with Crippen molar-refractivity contribution in [3.05, 3.63) is 35.9 Å². The molecule has 0 saturated carbocycles. The molecule has 14 heavy (non-hydrogen) atoms. The van der Waals surface area contributed by atoms with Crippen LogP contribution in [0.1, 0.15) is 24.8 Å². The quantitative estimate of drug-likeness (QED) is 0.794. The van der Waals surface area contributed by atoms with Crippen LogP contribution >= 0.6 is 12.4 Å². The van der Waals surface area contributed by atoms with Gasteiger partial charge in [0.15, 0.2) is 0 Å². The van der Waals surface area contributed by atoms with Gasteiger partial charge in [0, 0.05) is 6.04 Å². The first kappa shape index (κ1) is 11.5. The Morgan fingerprint density at radius 2 is 1.93 bits per heavy atom. The topological polar surface area (TPSA) is 12.0 Å². The Bertz CT molecular complexity index is 242. The van der Waals surface area contributed by atoms with E-state index in [0.717, 1.165) is 6.04 Å². The van der Waals surface area contributed by atoms with Crippen LogP contribution in [0, 0.1) is 0 Å². The average molecular weight is 212 g/mol. The second-order valence-corrected chi connectivity index (χ2v) is 3.84. The number of rotatable bonds is 2. The number of hydrogen-bond donors (Lipinski definition) is 1. The van der Waals surface area contributed by atoms with Crippen LogP contribution in [-0.4, -0.2) is 12.6 Å². The van der Waals surface area contributed by atoms with Crippen molar-refractivity contribution in [3.8, 4) is 0 Å². The second-order valence-electron chi connectivity index (χ2n) is 3.84. The van der Waals surface area contributed by atoms with Crippen molar-refractivity contribution in [1.29, 1.82) is 0 Å². The molecule has 2 heteroatoms. The molecule has 1 heterocycles. The van der Waals surface area contributed by atoms with Gasteiger partial charge in [-0.3, -0.25) is 0 Å². The molecule has 0 aliphatic carbocycles. The summed E-state index contributed by atoms with van der Waals surface area (Å²) < 4.78 is 0. The molecule has 1 atom stereocenters. The normalized spacial score (nSPS) is 21.3. The lowest BCUT2D eigenvalue weighted by Crippen LogP contribution is -2.35. The largest absolute Gasteiger partial charge is 0.314 e. The minimum absolute atomic E-state index is 0. The zero-order valence-corrected chi connectivity index (χ0v) is 9.22. The molecule has 1 nitrogen and oxygen atoms in total. The fourth-order valence-electron chi connectivity index (χ4n) is 2.00. The van der Waals surface area contributed by atoms with E-state index in [1.807, 2.05) is 0 Å². The van der Waals surface area contributed by atoms with Crippen LogP contribution < -0.4 is 5.32 Å². The third-order valence-electron chi connectivity index (χ3n) is 2.74. The minimum Gasteiger partial charge on any atom is -0.314 e. The Morgan fingerprint density at radius 3 is 2.57 bits per heavy atom. The van der Waals surface area contributed by atoms with Crippen molar-refractivity contribution in [2.75, 3.05) is 6.54 Å². The van der Waals surface area contributed by atoms with Crippen molar-refractivity contribution in [2.45, 2.75) is 31.7 Å². The van der Waals surface area contributed by atoms with E-state index in [2.05, 4.69) is 35.6 Å². The van der Waals surface area contributed by atoms with Crippen LogP contribution in [0.25, 0.3) is 0 Å². The third kappa shape index (κ3) is 3.32. The van der Waals surface area contributed by atoms with Gasteiger partial charge in [-0.25, -0.2) is 0 Å². The molecule has 1 unspecified atom stereocenters. The highest BCUT2D eigenvalue weighted by molar-refractivity contribution is 5.85. The zero-order chi connectivity index (χ0) is 8.93. The first-order valence-electron chi connectivity index (χ1n) is 5.22. The number of nitrogens with one attached hydrogen (secondary N) is 1. The molecule has 1 aromatic rings. The van der Waals surface area contributed by atoms with Crippen molar-refractivity contribution in [2.24, 2.45) is 0 Å². The predicted octanol–water partition coefficient (Wildman–Crippen LogP) is 2.79. The highest BCUT2D eigenvalue weighted by Crippen LogP contribution is 2.12. The lowest BCUT2D eigenvalue weighted by molar-refractivity contribution is 0.399. The van der Waals surface area contributed by atoms with Gasteiger partial charge in [0.1, 0.15) is 0 Å². The summed E-state index contributed by atoms with van der Waals surface area (Å²) in [6, 6.07) is 11.5. The van der Waals surface area contributed by atoms with Crippen LogP contribution in [0.3, 0.4) is 0 Å². The van der Waals surface area contributed by atoms with Crippen molar-refractivity contribution in [3.63, 3.8) is 0 Å². The van der Waals surface area contributed by atoms with Gasteiger partial charge in [0.25, 0.3) is 0 Å². The molecule has 0 spiro atoms. The molecule has 1 fully saturated rings. The summed E-state index contributed by atoms with van der Waals surface area (Å²) in [5, 5.41) is 3.57. The second kappa shape index (κ2) is 6.05. The molecule has 0 radical (unpaired) electrons. The van der Waals surface area contributed by atoms with Crippen LogP contribution in [0.5, 0.6) is 0 Å². The first-order chi connectivity index (χ1) is 6.45. The lowest BCUT2D eigenvalue weighted by Gasteiger charge is -2.23. The van der Waals surface area contributed by atoms with Crippen LogP contribution in [0.15, 0.2) is 30.3 Å². The molecule has 78 valence electrons.